The van der Waals surface area contributed by atoms with Gasteiger partial charge in [0, 0.05) is 24.1 Å². The van der Waals surface area contributed by atoms with E-state index in [1.54, 1.807) is 0 Å². The number of unbranched alkanes of at least 4 members (excludes halogenated alkanes) is 1. The first-order valence-electron chi connectivity index (χ1n) is 12.3. The highest BCUT2D eigenvalue weighted by molar-refractivity contribution is 6.05. The number of nitrogens with zero attached hydrogens (tertiary/aromatic N) is 5. The number of carbonyl (C=O) groups excluding carboxylic acids is 1. The number of hydrogen-bond donors (Lipinski definition) is 2. The molecule has 0 saturated heterocycles. The lowest BCUT2D eigenvalue weighted by Gasteiger charge is -2.20. The molecule has 0 bridgehead atoms. The normalized spacial score (nSPS) is 15.4. The number of H-pyrrole nitrogens is 1. The highest BCUT2D eigenvalue weighted by atomic mass is 16.2. The van der Waals surface area contributed by atoms with Gasteiger partial charge in [0.2, 0.25) is 0 Å². The largest absolute Gasteiger partial charge is 0.399 e. The summed E-state index contributed by atoms with van der Waals surface area (Å²) in [7, 11) is 0. The molecule has 0 radical (unpaired) electrons. The molecule has 1 amide bonds. The van der Waals surface area contributed by atoms with Crippen molar-refractivity contribution >= 4 is 17.4 Å². The molecule has 2 heterocycles. The fourth-order valence-corrected chi connectivity index (χ4v) is 4.58. The summed E-state index contributed by atoms with van der Waals surface area (Å²) in [5, 5.41) is 14.3. The second-order valence-corrected chi connectivity index (χ2v) is 9.03. The number of aromatic amines is 1. The molecule has 8 heteroatoms. The van der Waals surface area contributed by atoms with E-state index in [9.17, 15) is 4.79 Å². The molecule has 1 unspecified atom stereocenters. The lowest BCUT2D eigenvalue weighted by molar-refractivity contribution is -0.127. The van der Waals surface area contributed by atoms with Gasteiger partial charge in [-0.1, -0.05) is 74.0 Å². The van der Waals surface area contributed by atoms with Gasteiger partial charge in [-0.05, 0) is 51.2 Å². The zero-order valence-electron chi connectivity index (χ0n) is 20.3. The Hall–Kier alpha value is -4.33. The van der Waals surface area contributed by atoms with Crippen LogP contribution in [0.2, 0.25) is 0 Å². The smallest absolute Gasteiger partial charge is 0.253 e. The molecule has 1 atom stereocenters. The number of amides is 1. The molecule has 8 nitrogen and oxygen atoms in total. The maximum atomic E-state index is 13.4. The molecular formula is C28H29N7O. The molecule has 3 N–H and O–H groups in total. The molecule has 0 aliphatic carbocycles. The molecule has 0 spiro atoms. The quantitative estimate of drug-likeness (QED) is 0.339. The van der Waals surface area contributed by atoms with Gasteiger partial charge >= 0.3 is 0 Å². The van der Waals surface area contributed by atoms with E-state index in [0.29, 0.717) is 24.5 Å². The predicted molar refractivity (Wildman–Crippen MR) is 141 cm³/mol. The van der Waals surface area contributed by atoms with E-state index in [1.165, 1.54) is 0 Å². The van der Waals surface area contributed by atoms with Crippen LogP contribution in [-0.2, 0) is 17.8 Å². The average molecular weight is 480 g/mol. The van der Waals surface area contributed by atoms with Crippen LogP contribution >= 0.6 is 0 Å². The first-order valence-corrected chi connectivity index (χ1v) is 12.3. The van der Waals surface area contributed by atoms with E-state index in [4.69, 9.17) is 10.7 Å². The summed E-state index contributed by atoms with van der Waals surface area (Å²) in [6.07, 6.45) is 3.41. The Bertz CT molecular complexity index is 1360. The first kappa shape index (κ1) is 23.4. The van der Waals surface area contributed by atoms with Crippen molar-refractivity contribution in [2.75, 3.05) is 5.73 Å². The van der Waals surface area contributed by atoms with E-state index in [1.807, 2.05) is 53.4 Å². The zero-order valence-corrected chi connectivity index (χ0v) is 20.3. The standard InChI is InChI=1S/C28H29N7O/c1-2-3-11-26-30-25(17-20-7-6-8-22(29)16-20)28(36)35(26)18-19-12-14-21(15-13-19)23-9-4-5-10-24(23)27-31-33-34-32-27/h4-10,12-16,25H,2-3,11,17-18,29H2,1H3,(H,31,32,33,34). The van der Waals surface area contributed by atoms with E-state index in [0.717, 1.165) is 52.9 Å². The fraction of sp³-hybridized carbons (Fsp3) is 0.250. The van der Waals surface area contributed by atoms with Crippen molar-refractivity contribution in [3.63, 3.8) is 0 Å². The second-order valence-electron chi connectivity index (χ2n) is 9.03. The van der Waals surface area contributed by atoms with E-state index >= 15 is 0 Å². The molecule has 1 aromatic heterocycles. The Morgan fingerprint density at radius 1 is 0.972 bits per heavy atom. The molecule has 182 valence electrons. The number of nitrogen functional groups attached to an aromatic ring is 1. The summed E-state index contributed by atoms with van der Waals surface area (Å²) in [5.41, 5.74) is 11.7. The van der Waals surface area contributed by atoms with Gasteiger partial charge in [0.1, 0.15) is 11.9 Å². The topological polar surface area (TPSA) is 113 Å². The highest BCUT2D eigenvalue weighted by Gasteiger charge is 2.34. The minimum Gasteiger partial charge on any atom is -0.399 e. The molecular weight excluding hydrogens is 450 g/mol. The number of nitrogens with one attached hydrogen (secondary N) is 1. The number of nitrogens with two attached hydrogens (primary N) is 1. The Labute approximate surface area is 210 Å². The Morgan fingerprint density at radius 2 is 1.78 bits per heavy atom. The van der Waals surface area contributed by atoms with Gasteiger partial charge in [0.25, 0.3) is 5.91 Å². The maximum Gasteiger partial charge on any atom is 0.253 e. The Kier molecular flexibility index (Phi) is 6.84. The van der Waals surface area contributed by atoms with Crippen LogP contribution in [0.25, 0.3) is 22.5 Å². The van der Waals surface area contributed by atoms with Crippen LogP contribution in [0.5, 0.6) is 0 Å². The second kappa shape index (κ2) is 10.5. The number of rotatable bonds is 9. The van der Waals surface area contributed by atoms with Crippen LogP contribution in [0.4, 0.5) is 5.69 Å². The number of aliphatic imine (C=N–C) groups is 1. The SMILES string of the molecule is CCCCC1=NC(Cc2cccc(N)c2)C(=O)N1Cc1ccc(-c2ccccc2-c2nnn[nH]2)cc1. The lowest BCUT2D eigenvalue weighted by atomic mass is 9.98. The molecule has 4 aromatic rings. The zero-order chi connectivity index (χ0) is 24.9. The van der Waals surface area contributed by atoms with Gasteiger partial charge in [-0.3, -0.25) is 14.7 Å². The molecule has 36 heavy (non-hydrogen) atoms. The van der Waals surface area contributed by atoms with Crippen LogP contribution in [-0.4, -0.2) is 43.3 Å². The third-order valence-corrected chi connectivity index (χ3v) is 6.43. The summed E-state index contributed by atoms with van der Waals surface area (Å²) in [4.78, 5) is 20.1. The van der Waals surface area contributed by atoms with Crippen LogP contribution in [0.1, 0.15) is 37.3 Å². The number of carbonyl (C=O) groups is 1. The van der Waals surface area contributed by atoms with E-state index in [2.05, 4.69) is 51.8 Å². The lowest BCUT2D eigenvalue weighted by Crippen LogP contribution is -2.35. The van der Waals surface area contributed by atoms with Crippen LogP contribution in [0.15, 0.2) is 77.8 Å². The number of benzene rings is 3. The monoisotopic (exact) mass is 479 g/mol. The van der Waals surface area contributed by atoms with Crippen LogP contribution < -0.4 is 5.73 Å². The minimum absolute atomic E-state index is 0.0516. The van der Waals surface area contributed by atoms with Gasteiger partial charge in [0.15, 0.2) is 5.82 Å². The van der Waals surface area contributed by atoms with Crippen LogP contribution in [0.3, 0.4) is 0 Å². The van der Waals surface area contributed by atoms with Gasteiger partial charge in [-0.2, -0.15) is 0 Å². The third kappa shape index (κ3) is 5.02. The molecule has 1 aliphatic rings. The van der Waals surface area contributed by atoms with Gasteiger partial charge in [-0.25, -0.2) is 5.10 Å². The predicted octanol–water partition coefficient (Wildman–Crippen LogP) is 4.66. The van der Waals surface area contributed by atoms with Gasteiger partial charge in [-0.15, -0.1) is 5.10 Å². The summed E-state index contributed by atoms with van der Waals surface area (Å²) >= 11 is 0. The number of hydrogen-bond acceptors (Lipinski definition) is 6. The van der Waals surface area contributed by atoms with Crippen molar-refractivity contribution in [2.24, 2.45) is 4.99 Å². The van der Waals surface area contributed by atoms with E-state index in [-0.39, 0.29) is 5.91 Å². The first-order chi connectivity index (χ1) is 17.6. The molecule has 3 aromatic carbocycles. The molecule has 0 fully saturated rings. The number of amidine groups is 1. The van der Waals surface area contributed by atoms with Crippen molar-refractivity contribution in [1.29, 1.82) is 0 Å². The number of anilines is 1. The average Bonchev–Trinajstić information content (AvgIpc) is 3.53. The summed E-state index contributed by atoms with van der Waals surface area (Å²) in [5.74, 6) is 1.55. The van der Waals surface area contributed by atoms with Crippen molar-refractivity contribution in [3.8, 4) is 22.5 Å². The van der Waals surface area contributed by atoms with E-state index < -0.39 is 6.04 Å². The molecule has 1 aliphatic heterocycles. The van der Waals surface area contributed by atoms with Gasteiger partial charge in [0.05, 0.1) is 6.54 Å². The summed E-state index contributed by atoms with van der Waals surface area (Å²) in [6, 6.07) is 23.6. The highest BCUT2D eigenvalue weighted by Crippen LogP contribution is 2.30. The Balaban J connectivity index is 1.35. The summed E-state index contributed by atoms with van der Waals surface area (Å²) < 4.78 is 0. The third-order valence-electron chi connectivity index (χ3n) is 6.43. The molecule has 5 rings (SSSR count). The number of tetrazole rings is 1. The minimum atomic E-state index is -0.402. The Morgan fingerprint density at radius 3 is 2.50 bits per heavy atom. The van der Waals surface area contributed by atoms with Gasteiger partial charge < -0.3 is 5.73 Å². The molecule has 0 saturated carbocycles. The summed E-state index contributed by atoms with van der Waals surface area (Å²) in [6.45, 7) is 2.65. The fourth-order valence-electron chi connectivity index (χ4n) is 4.58. The van der Waals surface area contributed by atoms with Crippen LogP contribution in [0, 0.1) is 0 Å². The maximum absolute atomic E-state index is 13.4. The van der Waals surface area contributed by atoms with Crippen molar-refractivity contribution in [2.45, 2.75) is 45.2 Å². The van der Waals surface area contributed by atoms with Crippen molar-refractivity contribution in [3.05, 3.63) is 83.9 Å². The van der Waals surface area contributed by atoms with Crippen molar-refractivity contribution in [1.82, 2.24) is 25.5 Å². The van der Waals surface area contributed by atoms with Crippen molar-refractivity contribution < 1.29 is 4.79 Å². The number of aromatic nitrogens is 4.